The van der Waals surface area contributed by atoms with Crippen molar-refractivity contribution in [3.05, 3.63) is 98.6 Å². The molecule has 3 amide bonds. The summed E-state index contributed by atoms with van der Waals surface area (Å²) in [6.07, 6.45) is 0. The van der Waals surface area contributed by atoms with E-state index in [2.05, 4.69) is 10.6 Å². The molecular formula is C26H18Cl3N3O5. The van der Waals surface area contributed by atoms with Gasteiger partial charge in [0, 0.05) is 27.0 Å². The molecule has 3 aromatic rings. The van der Waals surface area contributed by atoms with Gasteiger partial charge in [-0.1, -0.05) is 40.9 Å². The molecule has 0 bridgehead atoms. The maximum absolute atomic E-state index is 13.0. The third-order valence-electron chi connectivity index (χ3n) is 5.18. The number of carbonyl (C=O) groups is 4. The van der Waals surface area contributed by atoms with Gasteiger partial charge in [0.25, 0.3) is 17.7 Å². The molecule has 1 aliphatic rings. The topological polar surface area (TPSA) is 105 Å². The lowest BCUT2D eigenvalue weighted by Crippen LogP contribution is -2.32. The molecule has 0 saturated carbocycles. The molecule has 11 heteroatoms. The fourth-order valence-electron chi connectivity index (χ4n) is 3.50. The number of ether oxygens (including phenoxy) is 1. The predicted octanol–water partition coefficient (Wildman–Crippen LogP) is 5.86. The van der Waals surface area contributed by atoms with Crippen molar-refractivity contribution in [2.45, 2.75) is 6.92 Å². The number of imide groups is 1. The van der Waals surface area contributed by atoms with Crippen LogP contribution >= 0.6 is 34.8 Å². The quantitative estimate of drug-likeness (QED) is 0.278. The number of esters is 1. The number of anilines is 3. The first kappa shape index (κ1) is 26.2. The third-order valence-corrected chi connectivity index (χ3v) is 5.97. The van der Waals surface area contributed by atoms with Crippen LogP contribution < -0.4 is 15.5 Å². The minimum atomic E-state index is -0.743. The SMILES string of the molecule is CCOC(=O)c1ccc(NC(=O)c2cccc(NC3=C(Cl)C(=O)N(c4cc(Cl)cc(Cl)c4)C3=O)c2)cc1. The first-order valence-electron chi connectivity index (χ1n) is 10.9. The van der Waals surface area contributed by atoms with E-state index in [0.29, 0.717) is 16.9 Å². The maximum Gasteiger partial charge on any atom is 0.338 e. The van der Waals surface area contributed by atoms with Crippen molar-refractivity contribution >= 4 is 75.6 Å². The van der Waals surface area contributed by atoms with E-state index < -0.39 is 23.7 Å². The van der Waals surface area contributed by atoms with Gasteiger partial charge in [-0.15, -0.1) is 0 Å². The molecule has 188 valence electrons. The molecule has 8 nitrogen and oxygen atoms in total. The van der Waals surface area contributed by atoms with Gasteiger partial charge in [0.05, 0.1) is 17.9 Å². The van der Waals surface area contributed by atoms with Gasteiger partial charge < -0.3 is 15.4 Å². The molecule has 0 aliphatic carbocycles. The Labute approximate surface area is 226 Å². The van der Waals surface area contributed by atoms with E-state index in [1.165, 1.54) is 24.3 Å². The van der Waals surface area contributed by atoms with Gasteiger partial charge in [0.1, 0.15) is 10.7 Å². The van der Waals surface area contributed by atoms with Crippen LogP contribution in [0.15, 0.2) is 77.5 Å². The normalized spacial score (nSPS) is 13.1. The zero-order valence-corrected chi connectivity index (χ0v) is 21.4. The Kier molecular flexibility index (Phi) is 7.83. The highest BCUT2D eigenvalue weighted by molar-refractivity contribution is 6.53. The highest BCUT2D eigenvalue weighted by Gasteiger charge is 2.39. The minimum Gasteiger partial charge on any atom is -0.462 e. The van der Waals surface area contributed by atoms with E-state index in [-0.39, 0.29) is 38.6 Å². The summed E-state index contributed by atoms with van der Waals surface area (Å²) < 4.78 is 4.94. The van der Waals surface area contributed by atoms with Crippen LogP contribution in [0, 0.1) is 0 Å². The summed E-state index contributed by atoms with van der Waals surface area (Å²) in [6, 6.07) is 16.8. The molecule has 0 atom stereocenters. The number of carbonyl (C=O) groups excluding carboxylic acids is 4. The number of rotatable bonds is 7. The number of amides is 3. The van der Waals surface area contributed by atoms with E-state index in [4.69, 9.17) is 39.5 Å². The molecule has 37 heavy (non-hydrogen) atoms. The van der Waals surface area contributed by atoms with Crippen LogP contribution in [-0.2, 0) is 14.3 Å². The van der Waals surface area contributed by atoms with Gasteiger partial charge in [-0.05, 0) is 67.6 Å². The lowest BCUT2D eigenvalue weighted by molar-refractivity contribution is -0.120. The molecule has 1 heterocycles. The van der Waals surface area contributed by atoms with Crippen molar-refractivity contribution in [3.8, 4) is 0 Å². The Morgan fingerprint density at radius 3 is 2.16 bits per heavy atom. The summed E-state index contributed by atoms with van der Waals surface area (Å²) >= 11 is 18.2. The lowest BCUT2D eigenvalue weighted by atomic mass is 10.1. The summed E-state index contributed by atoms with van der Waals surface area (Å²) in [5.74, 6) is -2.33. The highest BCUT2D eigenvalue weighted by Crippen LogP contribution is 2.33. The number of hydrogen-bond donors (Lipinski definition) is 2. The standard InChI is InChI=1S/C26H18Cl3N3O5/c1-2-37-26(36)14-6-8-18(9-7-14)31-23(33)15-4-3-5-19(10-15)30-22-21(29)24(34)32(25(22)35)20-12-16(27)11-17(28)13-20/h3-13,30H,2H2,1H3,(H,31,33). The summed E-state index contributed by atoms with van der Waals surface area (Å²) in [6.45, 7) is 1.97. The van der Waals surface area contributed by atoms with E-state index in [1.807, 2.05) is 0 Å². The van der Waals surface area contributed by atoms with Crippen molar-refractivity contribution < 1.29 is 23.9 Å². The molecule has 1 aliphatic heterocycles. The van der Waals surface area contributed by atoms with E-state index in [1.54, 1.807) is 49.4 Å². The van der Waals surface area contributed by atoms with Crippen molar-refractivity contribution in [2.75, 3.05) is 22.1 Å². The van der Waals surface area contributed by atoms with Crippen LogP contribution in [0.2, 0.25) is 10.0 Å². The van der Waals surface area contributed by atoms with Gasteiger partial charge in [0.2, 0.25) is 0 Å². The van der Waals surface area contributed by atoms with E-state index in [0.717, 1.165) is 4.90 Å². The zero-order valence-electron chi connectivity index (χ0n) is 19.2. The molecule has 0 unspecified atom stereocenters. The average Bonchev–Trinajstić information content (AvgIpc) is 3.07. The first-order valence-corrected chi connectivity index (χ1v) is 12.0. The van der Waals surface area contributed by atoms with E-state index in [9.17, 15) is 19.2 Å². The van der Waals surface area contributed by atoms with Crippen molar-refractivity contribution in [2.24, 2.45) is 0 Å². The van der Waals surface area contributed by atoms with Gasteiger partial charge in [0.15, 0.2) is 0 Å². The number of halogens is 3. The van der Waals surface area contributed by atoms with Gasteiger partial charge >= 0.3 is 5.97 Å². The molecule has 4 rings (SSSR count). The second-order valence-corrected chi connectivity index (χ2v) is 8.97. The fourth-order valence-corrected chi connectivity index (χ4v) is 4.23. The number of hydrogen-bond acceptors (Lipinski definition) is 6. The summed E-state index contributed by atoms with van der Waals surface area (Å²) in [7, 11) is 0. The number of nitrogens with zero attached hydrogens (tertiary/aromatic N) is 1. The highest BCUT2D eigenvalue weighted by atomic mass is 35.5. The Balaban J connectivity index is 1.49. The maximum atomic E-state index is 13.0. The van der Waals surface area contributed by atoms with Crippen molar-refractivity contribution in [1.29, 1.82) is 0 Å². The van der Waals surface area contributed by atoms with Crippen molar-refractivity contribution in [3.63, 3.8) is 0 Å². The van der Waals surface area contributed by atoms with E-state index >= 15 is 0 Å². The summed E-state index contributed by atoms with van der Waals surface area (Å²) in [4.78, 5) is 51.2. The second kappa shape index (κ2) is 11.0. The third kappa shape index (κ3) is 5.77. The molecule has 3 aromatic carbocycles. The van der Waals surface area contributed by atoms with Gasteiger partial charge in [-0.25, -0.2) is 9.69 Å². The van der Waals surface area contributed by atoms with Crippen LogP contribution in [0.3, 0.4) is 0 Å². The van der Waals surface area contributed by atoms with Crippen LogP contribution in [0.4, 0.5) is 17.1 Å². The molecule has 0 fully saturated rings. The van der Waals surface area contributed by atoms with Crippen molar-refractivity contribution in [1.82, 2.24) is 0 Å². The smallest absolute Gasteiger partial charge is 0.338 e. The lowest BCUT2D eigenvalue weighted by Gasteiger charge is -2.16. The predicted molar refractivity (Wildman–Crippen MR) is 142 cm³/mol. The largest absolute Gasteiger partial charge is 0.462 e. The Bertz CT molecular complexity index is 1430. The molecule has 0 spiro atoms. The van der Waals surface area contributed by atoms with Crippen LogP contribution in [0.1, 0.15) is 27.6 Å². The van der Waals surface area contributed by atoms with Gasteiger partial charge in [-0.3, -0.25) is 14.4 Å². The second-order valence-electron chi connectivity index (χ2n) is 7.72. The molecule has 0 saturated heterocycles. The number of nitrogens with one attached hydrogen (secondary N) is 2. The average molecular weight is 559 g/mol. The molecular weight excluding hydrogens is 541 g/mol. The zero-order chi connectivity index (χ0) is 26.7. The molecule has 0 radical (unpaired) electrons. The molecule has 0 aromatic heterocycles. The first-order chi connectivity index (χ1) is 17.7. The summed E-state index contributed by atoms with van der Waals surface area (Å²) in [5, 5.41) is 5.73. The summed E-state index contributed by atoms with van der Waals surface area (Å²) in [5.41, 5.74) is 1.46. The minimum absolute atomic E-state index is 0.158. The van der Waals surface area contributed by atoms with Gasteiger partial charge in [-0.2, -0.15) is 0 Å². The van der Waals surface area contributed by atoms with Crippen LogP contribution in [0.25, 0.3) is 0 Å². The van der Waals surface area contributed by atoms with Crippen LogP contribution in [-0.4, -0.2) is 30.3 Å². The van der Waals surface area contributed by atoms with Crippen LogP contribution in [0.5, 0.6) is 0 Å². The monoisotopic (exact) mass is 557 g/mol. The Morgan fingerprint density at radius 1 is 0.838 bits per heavy atom. The Morgan fingerprint density at radius 2 is 1.51 bits per heavy atom. The number of benzene rings is 3. The fraction of sp³-hybridized carbons (Fsp3) is 0.0769. The Hall–Kier alpha value is -3.85. The molecule has 2 N–H and O–H groups in total.